The topological polar surface area (TPSA) is 94.4 Å². The molecule has 1 amide bonds. The number of nitrogens with two attached hydrogens (primary N) is 1. The lowest BCUT2D eigenvalue weighted by atomic mass is 10.1. The molecule has 7 heteroatoms. The van der Waals surface area contributed by atoms with Gasteiger partial charge >= 0.3 is 0 Å². The van der Waals surface area contributed by atoms with Gasteiger partial charge in [-0.1, -0.05) is 0 Å². The molecule has 1 aromatic heterocycles. The van der Waals surface area contributed by atoms with Crippen LogP contribution < -0.4 is 5.73 Å². The van der Waals surface area contributed by atoms with Crippen LogP contribution in [-0.4, -0.2) is 39.9 Å². The van der Waals surface area contributed by atoms with Gasteiger partial charge in [0, 0.05) is 25.2 Å². The maximum Gasteiger partial charge on any atom is 0.287 e. The Kier molecular flexibility index (Phi) is 3.21. The number of likely N-dealkylation sites (tertiary alicyclic amines) is 1. The second kappa shape index (κ2) is 4.90. The summed E-state index contributed by atoms with van der Waals surface area (Å²) in [5, 5.41) is 10.9. The first-order chi connectivity index (χ1) is 9.60. The van der Waals surface area contributed by atoms with Gasteiger partial charge in [-0.05, 0) is 31.7 Å². The van der Waals surface area contributed by atoms with Crippen LogP contribution in [0.5, 0.6) is 0 Å². The van der Waals surface area contributed by atoms with E-state index in [1.165, 1.54) is 12.3 Å². The summed E-state index contributed by atoms with van der Waals surface area (Å²) in [7, 11) is 0. The molecule has 20 heavy (non-hydrogen) atoms. The Morgan fingerprint density at radius 2 is 2.20 bits per heavy atom. The monoisotopic (exact) mass is 278 g/mol. The lowest BCUT2D eigenvalue weighted by Crippen LogP contribution is -2.31. The Hall–Kier alpha value is -1.89. The molecule has 108 valence electrons. The molecule has 7 nitrogen and oxygen atoms in total. The zero-order chi connectivity index (χ0) is 14.3. The lowest BCUT2D eigenvalue weighted by Gasteiger charge is -2.17. The van der Waals surface area contributed by atoms with Crippen LogP contribution in [0, 0.1) is 16.0 Å². The van der Waals surface area contributed by atoms with Crippen LogP contribution in [0.2, 0.25) is 0 Å². The van der Waals surface area contributed by atoms with Crippen LogP contribution in [0.3, 0.4) is 0 Å². The van der Waals surface area contributed by atoms with Gasteiger partial charge in [-0.15, -0.1) is 0 Å². The minimum atomic E-state index is -0.442. The van der Waals surface area contributed by atoms with E-state index in [0.29, 0.717) is 31.2 Å². The first kappa shape index (κ1) is 13.1. The summed E-state index contributed by atoms with van der Waals surface area (Å²) in [5.74, 6) is 0.235. The van der Waals surface area contributed by atoms with Gasteiger partial charge in [0.05, 0.1) is 11.1 Å². The van der Waals surface area contributed by atoms with Crippen molar-refractivity contribution in [2.24, 2.45) is 11.7 Å². The molecular formula is C13H18N4O3. The number of nitro groups is 1. The van der Waals surface area contributed by atoms with E-state index >= 15 is 0 Å². The fourth-order valence-corrected chi connectivity index (χ4v) is 2.76. The number of hydrogen-bond acceptors (Lipinski definition) is 4. The molecule has 1 aromatic rings. The van der Waals surface area contributed by atoms with E-state index < -0.39 is 4.92 Å². The summed E-state index contributed by atoms with van der Waals surface area (Å²) >= 11 is 0. The summed E-state index contributed by atoms with van der Waals surface area (Å²) in [4.78, 5) is 24.8. The normalized spacial score (nSPS) is 22.2. The molecule has 0 spiro atoms. The largest absolute Gasteiger partial charge is 0.337 e. The third kappa shape index (κ3) is 2.29. The van der Waals surface area contributed by atoms with E-state index in [-0.39, 0.29) is 17.6 Å². The second-order valence-electron chi connectivity index (χ2n) is 5.62. The van der Waals surface area contributed by atoms with E-state index in [2.05, 4.69) is 0 Å². The van der Waals surface area contributed by atoms with Gasteiger partial charge in [0.2, 0.25) is 0 Å². The average Bonchev–Trinajstić information content (AvgIpc) is 3.02. The molecule has 2 fully saturated rings. The van der Waals surface area contributed by atoms with E-state index in [0.717, 1.165) is 19.3 Å². The van der Waals surface area contributed by atoms with Crippen LogP contribution in [0.4, 0.5) is 5.69 Å². The predicted octanol–water partition coefficient (Wildman–Crippen LogP) is 1.15. The van der Waals surface area contributed by atoms with Gasteiger partial charge in [0.15, 0.2) is 0 Å². The van der Waals surface area contributed by atoms with Gasteiger partial charge < -0.3 is 15.2 Å². The highest BCUT2D eigenvalue weighted by molar-refractivity contribution is 5.94. The summed E-state index contributed by atoms with van der Waals surface area (Å²) in [6.07, 6.45) is 4.37. The van der Waals surface area contributed by atoms with Crippen molar-refractivity contribution < 1.29 is 9.72 Å². The SMILES string of the molecule is NCC1CCN(C(=O)c2cc([N+](=O)[O-])cn2C2CC2)C1. The number of rotatable bonds is 4. The van der Waals surface area contributed by atoms with Crippen LogP contribution in [0.25, 0.3) is 0 Å². The zero-order valence-corrected chi connectivity index (χ0v) is 11.2. The molecule has 0 aromatic carbocycles. The Balaban J connectivity index is 1.85. The van der Waals surface area contributed by atoms with Crippen molar-refractivity contribution in [2.75, 3.05) is 19.6 Å². The summed E-state index contributed by atoms with van der Waals surface area (Å²) in [5.41, 5.74) is 6.07. The number of carbonyl (C=O) groups is 1. The van der Waals surface area contributed by atoms with Gasteiger partial charge in [-0.2, -0.15) is 0 Å². The van der Waals surface area contributed by atoms with E-state index in [9.17, 15) is 14.9 Å². The summed E-state index contributed by atoms with van der Waals surface area (Å²) in [6, 6.07) is 1.65. The first-order valence-electron chi connectivity index (χ1n) is 6.95. The number of amides is 1. The molecule has 1 saturated heterocycles. The third-order valence-corrected chi connectivity index (χ3v) is 4.11. The van der Waals surface area contributed by atoms with Crippen molar-refractivity contribution >= 4 is 11.6 Å². The molecule has 1 saturated carbocycles. The van der Waals surface area contributed by atoms with Crippen molar-refractivity contribution in [3.8, 4) is 0 Å². The van der Waals surface area contributed by atoms with Crippen molar-refractivity contribution in [3.05, 3.63) is 28.1 Å². The molecule has 0 radical (unpaired) electrons. The maximum absolute atomic E-state index is 12.5. The molecule has 2 N–H and O–H groups in total. The van der Waals surface area contributed by atoms with Crippen LogP contribution in [-0.2, 0) is 0 Å². The van der Waals surface area contributed by atoms with E-state index in [4.69, 9.17) is 5.73 Å². The van der Waals surface area contributed by atoms with Crippen molar-refractivity contribution in [2.45, 2.75) is 25.3 Å². The molecule has 1 atom stereocenters. The Morgan fingerprint density at radius 1 is 1.45 bits per heavy atom. The quantitative estimate of drug-likeness (QED) is 0.660. The number of hydrogen-bond donors (Lipinski definition) is 1. The van der Waals surface area contributed by atoms with E-state index in [1.54, 1.807) is 9.47 Å². The fourth-order valence-electron chi connectivity index (χ4n) is 2.76. The van der Waals surface area contributed by atoms with Gasteiger partial charge in [0.25, 0.3) is 11.6 Å². The molecule has 2 heterocycles. The summed E-state index contributed by atoms with van der Waals surface area (Å²) in [6.45, 7) is 1.91. The smallest absolute Gasteiger partial charge is 0.287 e. The molecule has 2 aliphatic rings. The van der Waals surface area contributed by atoms with Gasteiger partial charge in [-0.25, -0.2) is 0 Å². The molecule has 1 aliphatic carbocycles. The third-order valence-electron chi connectivity index (χ3n) is 4.11. The highest BCUT2D eigenvalue weighted by atomic mass is 16.6. The Labute approximate surface area is 116 Å². The minimum Gasteiger partial charge on any atom is -0.337 e. The minimum absolute atomic E-state index is 0.00479. The predicted molar refractivity (Wildman–Crippen MR) is 72.4 cm³/mol. The maximum atomic E-state index is 12.5. The Bertz CT molecular complexity index is 550. The molecule has 0 bridgehead atoms. The van der Waals surface area contributed by atoms with Crippen LogP contribution in [0.15, 0.2) is 12.3 Å². The molecule has 1 unspecified atom stereocenters. The second-order valence-corrected chi connectivity index (χ2v) is 5.62. The number of aromatic nitrogens is 1. The van der Waals surface area contributed by atoms with Crippen molar-refractivity contribution in [1.82, 2.24) is 9.47 Å². The number of carbonyl (C=O) groups excluding carboxylic acids is 1. The van der Waals surface area contributed by atoms with Crippen LogP contribution in [0.1, 0.15) is 35.8 Å². The highest BCUT2D eigenvalue weighted by Crippen LogP contribution is 2.38. The molecule has 1 aliphatic heterocycles. The van der Waals surface area contributed by atoms with Gasteiger partial charge in [0.1, 0.15) is 5.69 Å². The zero-order valence-electron chi connectivity index (χ0n) is 11.2. The fraction of sp³-hybridized carbons (Fsp3) is 0.615. The van der Waals surface area contributed by atoms with Gasteiger partial charge in [-0.3, -0.25) is 14.9 Å². The Morgan fingerprint density at radius 3 is 2.75 bits per heavy atom. The number of nitrogens with zero attached hydrogens (tertiary/aromatic N) is 3. The van der Waals surface area contributed by atoms with Crippen molar-refractivity contribution in [1.29, 1.82) is 0 Å². The first-order valence-corrected chi connectivity index (χ1v) is 6.95. The lowest BCUT2D eigenvalue weighted by molar-refractivity contribution is -0.384. The average molecular weight is 278 g/mol. The standard InChI is InChI=1S/C13H18N4O3/c14-6-9-3-4-15(7-9)13(18)12-5-11(17(19)20)8-16(12)10-1-2-10/h5,8-10H,1-4,6-7,14H2. The summed E-state index contributed by atoms with van der Waals surface area (Å²) < 4.78 is 1.77. The van der Waals surface area contributed by atoms with E-state index in [1.807, 2.05) is 0 Å². The molecule has 3 rings (SSSR count). The molecular weight excluding hydrogens is 260 g/mol. The highest BCUT2D eigenvalue weighted by Gasteiger charge is 2.34. The van der Waals surface area contributed by atoms with Crippen LogP contribution >= 0.6 is 0 Å². The van der Waals surface area contributed by atoms with Crippen molar-refractivity contribution in [3.63, 3.8) is 0 Å².